The van der Waals surface area contributed by atoms with E-state index < -0.39 is 0 Å². The summed E-state index contributed by atoms with van der Waals surface area (Å²) in [5, 5.41) is 2.96. The second-order valence-corrected chi connectivity index (χ2v) is 7.30. The summed E-state index contributed by atoms with van der Waals surface area (Å²) in [6.45, 7) is 6.67. The van der Waals surface area contributed by atoms with Crippen LogP contribution in [-0.4, -0.2) is 43.6 Å². The molecule has 0 bridgehead atoms. The van der Waals surface area contributed by atoms with Gasteiger partial charge in [-0.1, -0.05) is 13.0 Å². The van der Waals surface area contributed by atoms with Gasteiger partial charge in [0.05, 0.1) is 0 Å². The highest BCUT2D eigenvalue weighted by Gasteiger charge is 2.15. The molecule has 0 unspecified atom stereocenters. The summed E-state index contributed by atoms with van der Waals surface area (Å²) in [6, 6.07) is 6.21. The lowest BCUT2D eigenvalue weighted by Gasteiger charge is -2.30. The van der Waals surface area contributed by atoms with E-state index in [9.17, 15) is 4.79 Å². The zero-order valence-electron chi connectivity index (χ0n) is 14.9. The SMILES string of the molecule is CC1CCN(CCCNC(=O)COc2ccc3c(c2)CCC3)CC1. The zero-order valence-corrected chi connectivity index (χ0v) is 14.9. The highest BCUT2D eigenvalue weighted by molar-refractivity contribution is 5.77. The van der Waals surface area contributed by atoms with E-state index in [4.69, 9.17) is 4.74 Å². The van der Waals surface area contributed by atoms with E-state index in [1.54, 1.807) is 0 Å². The summed E-state index contributed by atoms with van der Waals surface area (Å²) in [7, 11) is 0. The fourth-order valence-electron chi connectivity index (χ4n) is 3.65. The maximum absolute atomic E-state index is 11.9. The van der Waals surface area contributed by atoms with Crippen LogP contribution in [0.5, 0.6) is 5.75 Å². The number of aryl methyl sites for hydroxylation is 2. The Kier molecular flexibility index (Phi) is 6.13. The summed E-state index contributed by atoms with van der Waals surface area (Å²) >= 11 is 0. The molecule has 4 heteroatoms. The van der Waals surface area contributed by atoms with Crippen molar-refractivity contribution in [3.8, 4) is 5.75 Å². The molecule has 1 aromatic rings. The zero-order chi connectivity index (χ0) is 16.8. The Labute approximate surface area is 145 Å². The fraction of sp³-hybridized carbons (Fsp3) is 0.650. The van der Waals surface area contributed by atoms with Crippen LogP contribution in [0.25, 0.3) is 0 Å². The largest absolute Gasteiger partial charge is 0.484 e. The Hall–Kier alpha value is -1.55. The third-order valence-corrected chi connectivity index (χ3v) is 5.29. The van der Waals surface area contributed by atoms with Crippen molar-refractivity contribution in [3.05, 3.63) is 29.3 Å². The van der Waals surface area contributed by atoms with Crippen LogP contribution in [0, 0.1) is 5.92 Å². The molecule has 1 aliphatic carbocycles. The van der Waals surface area contributed by atoms with Gasteiger partial charge in [0, 0.05) is 6.54 Å². The summed E-state index contributed by atoms with van der Waals surface area (Å²) in [6.07, 6.45) is 7.16. The number of rotatable bonds is 7. The van der Waals surface area contributed by atoms with Crippen molar-refractivity contribution in [1.82, 2.24) is 10.2 Å². The van der Waals surface area contributed by atoms with Crippen molar-refractivity contribution in [3.63, 3.8) is 0 Å². The molecule has 0 radical (unpaired) electrons. The fourth-order valence-corrected chi connectivity index (χ4v) is 3.65. The van der Waals surface area contributed by atoms with Crippen LogP contribution in [0.3, 0.4) is 0 Å². The van der Waals surface area contributed by atoms with Crippen molar-refractivity contribution in [2.45, 2.75) is 45.4 Å². The van der Waals surface area contributed by atoms with Crippen molar-refractivity contribution < 1.29 is 9.53 Å². The summed E-state index contributed by atoms with van der Waals surface area (Å²) in [5.41, 5.74) is 2.81. The highest BCUT2D eigenvalue weighted by atomic mass is 16.5. The van der Waals surface area contributed by atoms with Gasteiger partial charge in [-0.3, -0.25) is 4.79 Å². The Morgan fingerprint density at radius 2 is 2.04 bits per heavy atom. The lowest BCUT2D eigenvalue weighted by atomic mass is 9.99. The molecule has 24 heavy (non-hydrogen) atoms. The lowest BCUT2D eigenvalue weighted by Crippen LogP contribution is -2.36. The standard InChI is InChI=1S/C20H30N2O2/c1-16-8-12-22(13-9-16)11-3-10-21-20(23)15-24-19-7-6-17-4-2-5-18(17)14-19/h6-7,14,16H,2-5,8-13,15H2,1H3,(H,21,23). The second kappa shape index (κ2) is 8.52. The van der Waals surface area contributed by atoms with Gasteiger partial charge in [-0.15, -0.1) is 0 Å². The Bertz CT molecular complexity index is 551. The van der Waals surface area contributed by atoms with Crippen LogP contribution < -0.4 is 10.1 Å². The molecular weight excluding hydrogens is 300 g/mol. The molecule has 0 atom stereocenters. The normalized spacial score (nSPS) is 18.4. The number of nitrogens with zero attached hydrogens (tertiary/aromatic N) is 1. The number of ether oxygens (including phenoxy) is 1. The lowest BCUT2D eigenvalue weighted by molar-refractivity contribution is -0.123. The van der Waals surface area contributed by atoms with Gasteiger partial charge in [0.25, 0.3) is 5.91 Å². The molecule has 2 aliphatic rings. The first-order valence-corrected chi connectivity index (χ1v) is 9.44. The predicted octanol–water partition coefficient (Wildman–Crippen LogP) is 2.79. The second-order valence-electron chi connectivity index (χ2n) is 7.30. The van der Waals surface area contributed by atoms with Gasteiger partial charge in [0.2, 0.25) is 0 Å². The van der Waals surface area contributed by atoms with Crippen LogP contribution >= 0.6 is 0 Å². The summed E-state index contributed by atoms with van der Waals surface area (Å²) in [4.78, 5) is 14.4. The number of carbonyl (C=O) groups excluding carboxylic acids is 1. The monoisotopic (exact) mass is 330 g/mol. The first kappa shape index (κ1) is 17.3. The van der Waals surface area contributed by atoms with Gasteiger partial charge in [-0.05, 0) is 87.3 Å². The van der Waals surface area contributed by atoms with Gasteiger partial charge in [-0.2, -0.15) is 0 Å². The van der Waals surface area contributed by atoms with Gasteiger partial charge in [0.1, 0.15) is 5.75 Å². The van der Waals surface area contributed by atoms with Gasteiger partial charge in [0.15, 0.2) is 6.61 Å². The molecule has 1 heterocycles. The van der Waals surface area contributed by atoms with E-state index in [2.05, 4.69) is 29.3 Å². The van der Waals surface area contributed by atoms with E-state index >= 15 is 0 Å². The van der Waals surface area contributed by atoms with Crippen molar-refractivity contribution in [2.75, 3.05) is 32.8 Å². The van der Waals surface area contributed by atoms with Crippen molar-refractivity contribution in [1.29, 1.82) is 0 Å². The molecule has 132 valence electrons. The maximum atomic E-state index is 11.9. The number of hydrogen-bond acceptors (Lipinski definition) is 3. The molecule has 1 saturated heterocycles. The van der Waals surface area contributed by atoms with Gasteiger partial charge >= 0.3 is 0 Å². The highest BCUT2D eigenvalue weighted by Crippen LogP contribution is 2.25. The predicted molar refractivity (Wildman–Crippen MR) is 96.4 cm³/mol. The molecule has 3 rings (SSSR count). The smallest absolute Gasteiger partial charge is 0.257 e. The van der Waals surface area contributed by atoms with Gasteiger partial charge < -0.3 is 15.0 Å². The average molecular weight is 330 g/mol. The van der Waals surface area contributed by atoms with Crippen LogP contribution in [-0.2, 0) is 17.6 Å². The van der Waals surface area contributed by atoms with Crippen molar-refractivity contribution >= 4 is 5.91 Å². The number of nitrogens with one attached hydrogen (secondary N) is 1. The Morgan fingerprint density at radius 3 is 2.88 bits per heavy atom. The van der Waals surface area contributed by atoms with E-state index in [0.29, 0.717) is 0 Å². The number of likely N-dealkylation sites (tertiary alicyclic amines) is 1. The molecule has 1 amide bonds. The van der Waals surface area contributed by atoms with E-state index in [0.717, 1.165) is 37.6 Å². The minimum Gasteiger partial charge on any atom is -0.484 e. The number of fused-ring (bicyclic) bond motifs is 1. The minimum atomic E-state index is -0.0252. The maximum Gasteiger partial charge on any atom is 0.257 e. The first-order valence-electron chi connectivity index (χ1n) is 9.44. The Balaban J connectivity index is 1.29. The third kappa shape index (κ3) is 4.97. The van der Waals surface area contributed by atoms with Crippen LogP contribution in [0.2, 0.25) is 0 Å². The third-order valence-electron chi connectivity index (χ3n) is 5.29. The molecule has 0 aromatic heterocycles. The van der Waals surface area contributed by atoms with E-state index in [1.807, 2.05) is 6.07 Å². The summed E-state index contributed by atoms with van der Waals surface area (Å²) in [5.74, 6) is 1.66. The van der Waals surface area contributed by atoms with Crippen LogP contribution in [0.4, 0.5) is 0 Å². The van der Waals surface area contributed by atoms with Crippen molar-refractivity contribution in [2.24, 2.45) is 5.92 Å². The first-order chi connectivity index (χ1) is 11.7. The molecule has 0 spiro atoms. The summed E-state index contributed by atoms with van der Waals surface area (Å²) < 4.78 is 5.63. The average Bonchev–Trinajstić information content (AvgIpc) is 3.06. The quantitative estimate of drug-likeness (QED) is 0.782. The number of carbonyl (C=O) groups is 1. The minimum absolute atomic E-state index is 0.0252. The molecule has 1 N–H and O–H groups in total. The van der Waals surface area contributed by atoms with Gasteiger partial charge in [-0.25, -0.2) is 0 Å². The molecule has 1 aliphatic heterocycles. The number of hydrogen-bond donors (Lipinski definition) is 1. The number of piperidine rings is 1. The van der Waals surface area contributed by atoms with E-state index in [1.165, 1.54) is 49.9 Å². The van der Waals surface area contributed by atoms with Crippen LogP contribution in [0.15, 0.2) is 18.2 Å². The number of amides is 1. The van der Waals surface area contributed by atoms with Crippen LogP contribution in [0.1, 0.15) is 43.7 Å². The van der Waals surface area contributed by atoms with E-state index in [-0.39, 0.29) is 12.5 Å². The number of benzene rings is 1. The Morgan fingerprint density at radius 1 is 1.25 bits per heavy atom. The molecule has 4 nitrogen and oxygen atoms in total. The molecule has 0 saturated carbocycles. The topological polar surface area (TPSA) is 41.6 Å². The molecule has 1 fully saturated rings. The molecule has 1 aromatic carbocycles. The molecular formula is C20H30N2O2.